The van der Waals surface area contributed by atoms with Gasteiger partial charge in [-0.3, -0.25) is 4.90 Å². The highest BCUT2D eigenvalue weighted by atomic mass is 16.3. The fraction of sp³-hybridized carbons (Fsp3) is 0.875. The van der Waals surface area contributed by atoms with Gasteiger partial charge in [0, 0.05) is 25.4 Å². The molecular weight excluding hydrogens is 264 g/mol. The van der Waals surface area contributed by atoms with E-state index in [4.69, 9.17) is 0 Å². The molecule has 0 unspecified atom stereocenters. The van der Waals surface area contributed by atoms with Crippen LogP contribution in [0.5, 0.6) is 0 Å². The minimum absolute atomic E-state index is 0.102. The summed E-state index contributed by atoms with van der Waals surface area (Å²) in [4.78, 5) is 2.53. The molecule has 1 saturated carbocycles. The van der Waals surface area contributed by atoms with E-state index < -0.39 is 0 Å². The minimum atomic E-state index is -0.102. The average molecular weight is 292 g/mol. The molecule has 1 N–H and O–H groups in total. The number of hydrogen-bond acceptors (Lipinski definition) is 4. The Morgan fingerprint density at radius 1 is 1.10 bits per heavy atom. The molecule has 0 radical (unpaired) electrons. The number of aliphatic hydroxyl groups is 1. The summed E-state index contributed by atoms with van der Waals surface area (Å²) < 4.78 is 2.13. The van der Waals surface area contributed by atoms with Crippen LogP contribution < -0.4 is 0 Å². The maximum Gasteiger partial charge on any atom is 0.146 e. The molecule has 1 aromatic rings. The summed E-state index contributed by atoms with van der Waals surface area (Å²) in [6.07, 6.45) is 7.92. The van der Waals surface area contributed by atoms with Gasteiger partial charge in [-0.2, -0.15) is 0 Å². The van der Waals surface area contributed by atoms with Gasteiger partial charge in [0.15, 0.2) is 0 Å². The van der Waals surface area contributed by atoms with E-state index >= 15 is 0 Å². The summed E-state index contributed by atoms with van der Waals surface area (Å²) in [5.41, 5.74) is 0. The second-order valence-corrected chi connectivity index (χ2v) is 6.64. The number of rotatable bonds is 4. The lowest BCUT2D eigenvalue weighted by molar-refractivity contribution is 0.0193. The van der Waals surface area contributed by atoms with Gasteiger partial charge in [-0.1, -0.05) is 19.8 Å². The Morgan fingerprint density at radius 3 is 2.57 bits per heavy atom. The van der Waals surface area contributed by atoms with Crippen molar-refractivity contribution in [3.05, 3.63) is 11.6 Å². The lowest BCUT2D eigenvalue weighted by Gasteiger charge is -2.37. The van der Waals surface area contributed by atoms with Crippen molar-refractivity contribution in [1.82, 2.24) is 19.7 Å². The Balaban J connectivity index is 1.70. The van der Waals surface area contributed by atoms with E-state index in [2.05, 4.69) is 33.6 Å². The first-order chi connectivity index (χ1) is 10.2. The molecule has 0 aromatic carbocycles. The molecule has 2 fully saturated rings. The molecule has 2 aliphatic rings. The van der Waals surface area contributed by atoms with E-state index in [1.807, 2.05) is 0 Å². The molecule has 2 heterocycles. The van der Waals surface area contributed by atoms with Crippen LogP contribution >= 0.6 is 0 Å². The second kappa shape index (κ2) is 6.44. The summed E-state index contributed by atoms with van der Waals surface area (Å²) in [7, 11) is 2.06. The lowest BCUT2D eigenvalue weighted by Crippen LogP contribution is -2.42. The zero-order valence-corrected chi connectivity index (χ0v) is 13.3. The zero-order valence-electron chi connectivity index (χ0n) is 13.3. The van der Waals surface area contributed by atoms with Gasteiger partial charge in [-0.05, 0) is 32.2 Å². The van der Waals surface area contributed by atoms with Gasteiger partial charge in [0.25, 0.3) is 0 Å². The molecule has 1 aliphatic heterocycles. The van der Waals surface area contributed by atoms with Crippen molar-refractivity contribution < 1.29 is 5.11 Å². The molecule has 1 aromatic heterocycles. The minimum Gasteiger partial charge on any atom is -0.393 e. The zero-order chi connectivity index (χ0) is 14.8. The fourth-order valence-electron chi connectivity index (χ4n) is 4.15. The van der Waals surface area contributed by atoms with E-state index in [1.165, 1.54) is 32.1 Å². The van der Waals surface area contributed by atoms with Crippen molar-refractivity contribution >= 4 is 0 Å². The molecule has 1 saturated heterocycles. The quantitative estimate of drug-likeness (QED) is 0.921. The van der Waals surface area contributed by atoms with Gasteiger partial charge in [0.05, 0.1) is 12.6 Å². The summed E-state index contributed by atoms with van der Waals surface area (Å²) >= 11 is 0. The fourth-order valence-corrected chi connectivity index (χ4v) is 4.15. The van der Waals surface area contributed by atoms with Gasteiger partial charge in [0.2, 0.25) is 0 Å². The molecule has 21 heavy (non-hydrogen) atoms. The number of likely N-dealkylation sites (tertiary alicyclic amines) is 1. The Morgan fingerprint density at radius 2 is 1.86 bits per heavy atom. The van der Waals surface area contributed by atoms with Crippen molar-refractivity contribution in [2.24, 2.45) is 13.0 Å². The SMILES string of the molecule is CCc1nnc(CN2CCC[C@@H]2[C@H]2CCCC[C@@H]2O)n1C. The Hall–Kier alpha value is -0.940. The molecule has 118 valence electrons. The monoisotopic (exact) mass is 292 g/mol. The van der Waals surface area contributed by atoms with Crippen LogP contribution in [0.15, 0.2) is 0 Å². The molecule has 1 aliphatic carbocycles. The third kappa shape index (κ3) is 2.99. The molecule has 3 rings (SSSR count). The number of aromatic nitrogens is 3. The van der Waals surface area contributed by atoms with E-state index in [0.29, 0.717) is 12.0 Å². The summed E-state index contributed by atoms with van der Waals surface area (Å²) in [5.74, 6) is 2.57. The van der Waals surface area contributed by atoms with Crippen LogP contribution in [0.3, 0.4) is 0 Å². The van der Waals surface area contributed by atoms with E-state index in [-0.39, 0.29) is 6.10 Å². The standard InChI is InChI=1S/C16H28N4O/c1-3-15-17-18-16(19(15)2)11-20-10-6-8-13(20)12-7-4-5-9-14(12)21/h12-14,21H,3-11H2,1-2H3/t12-,13-,14+/m1/s1. The van der Waals surface area contributed by atoms with Crippen molar-refractivity contribution in [3.63, 3.8) is 0 Å². The molecule has 0 spiro atoms. The highest BCUT2D eigenvalue weighted by molar-refractivity contribution is 4.98. The molecule has 3 atom stereocenters. The summed E-state index contributed by atoms with van der Waals surface area (Å²) in [5, 5.41) is 19.0. The molecule has 5 heteroatoms. The number of aryl methyl sites for hydroxylation is 1. The molecule has 0 amide bonds. The van der Waals surface area contributed by atoms with Crippen LogP contribution in [0, 0.1) is 5.92 Å². The molecule has 5 nitrogen and oxygen atoms in total. The smallest absolute Gasteiger partial charge is 0.146 e. The first kappa shape index (κ1) is 15.0. The van der Waals surface area contributed by atoms with Gasteiger partial charge >= 0.3 is 0 Å². The molecule has 0 bridgehead atoms. The Kier molecular flexibility index (Phi) is 4.60. The predicted molar refractivity (Wildman–Crippen MR) is 81.8 cm³/mol. The van der Waals surface area contributed by atoms with Crippen LogP contribution in [0.2, 0.25) is 0 Å². The van der Waals surface area contributed by atoms with Crippen molar-refractivity contribution in [2.75, 3.05) is 6.54 Å². The Bertz CT molecular complexity index is 473. The number of hydrogen-bond donors (Lipinski definition) is 1. The average Bonchev–Trinajstić information content (AvgIpc) is 3.08. The lowest BCUT2D eigenvalue weighted by atomic mass is 9.80. The van der Waals surface area contributed by atoms with Crippen LogP contribution in [-0.4, -0.2) is 43.5 Å². The first-order valence-electron chi connectivity index (χ1n) is 8.50. The second-order valence-electron chi connectivity index (χ2n) is 6.64. The normalized spacial score (nSPS) is 30.9. The maximum absolute atomic E-state index is 10.4. The van der Waals surface area contributed by atoms with Gasteiger partial charge in [-0.15, -0.1) is 10.2 Å². The Labute approximate surface area is 127 Å². The first-order valence-corrected chi connectivity index (χ1v) is 8.50. The third-order valence-corrected chi connectivity index (χ3v) is 5.41. The van der Waals surface area contributed by atoms with Crippen LogP contribution in [-0.2, 0) is 20.0 Å². The van der Waals surface area contributed by atoms with E-state index in [1.54, 1.807) is 0 Å². The number of aliphatic hydroxyl groups excluding tert-OH is 1. The van der Waals surface area contributed by atoms with Crippen LogP contribution in [0.25, 0.3) is 0 Å². The molecular formula is C16H28N4O. The maximum atomic E-state index is 10.4. The largest absolute Gasteiger partial charge is 0.393 e. The third-order valence-electron chi connectivity index (χ3n) is 5.41. The highest BCUT2D eigenvalue weighted by Gasteiger charge is 2.37. The van der Waals surface area contributed by atoms with Crippen LogP contribution in [0.4, 0.5) is 0 Å². The van der Waals surface area contributed by atoms with Crippen molar-refractivity contribution in [2.45, 2.75) is 70.6 Å². The topological polar surface area (TPSA) is 54.2 Å². The number of nitrogens with zero attached hydrogens (tertiary/aromatic N) is 4. The van der Waals surface area contributed by atoms with Crippen molar-refractivity contribution in [3.8, 4) is 0 Å². The van der Waals surface area contributed by atoms with Crippen molar-refractivity contribution in [1.29, 1.82) is 0 Å². The summed E-state index contributed by atoms with van der Waals surface area (Å²) in [6.45, 7) is 4.12. The predicted octanol–water partition coefficient (Wildman–Crippen LogP) is 1.89. The summed E-state index contributed by atoms with van der Waals surface area (Å²) in [6, 6.07) is 0.530. The van der Waals surface area contributed by atoms with Crippen LogP contribution in [0.1, 0.15) is 57.1 Å². The van der Waals surface area contributed by atoms with Gasteiger partial charge < -0.3 is 9.67 Å². The van der Waals surface area contributed by atoms with Gasteiger partial charge in [-0.25, -0.2) is 0 Å². The highest BCUT2D eigenvalue weighted by Crippen LogP contribution is 2.35. The van der Waals surface area contributed by atoms with E-state index in [0.717, 1.165) is 37.6 Å². The van der Waals surface area contributed by atoms with E-state index in [9.17, 15) is 5.11 Å². The van der Waals surface area contributed by atoms with Gasteiger partial charge in [0.1, 0.15) is 11.6 Å².